The van der Waals surface area contributed by atoms with E-state index in [2.05, 4.69) is 15.8 Å². The fourth-order valence-electron chi connectivity index (χ4n) is 2.93. The number of hydrogen-bond acceptors (Lipinski definition) is 5. The third-order valence-electron chi connectivity index (χ3n) is 4.38. The molecular weight excluding hydrogens is 398 g/mol. The van der Waals surface area contributed by atoms with Gasteiger partial charge in [-0.1, -0.05) is 66.7 Å². The first-order valence-electron chi connectivity index (χ1n) is 9.44. The molecule has 0 aliphatic heterocycles. The highest BCUT2D eigenvalue weighted by Crippen LogP contribution is 2.32. The molecule has 0 atom stereocenters. The summed E-state index contributed by atoms with van der Waals surface area (Å²) in [5, 5.41) is 1.80. The number of nitrogens with zero attached hydrogens (tertiary/aromatic N) is 1. The van der Waals surface area contributed by atoms with Crippen molar-refractivity contribution >= 4 is 23.2 Å². The van der Waals surface area contributed by atoms with Crippen molar-refractivity contribution in [2.45, 2.75) is 12.8 Å². The molecule has 7 heteroatoms. The molecule has 0 radical (unpaired) electrons. The van der Waals surface area contributed by atoms with E-state index in [1.165, 1.54) is 11.3 Å². The Morgan fingerprint density at radius 3 is 2.23 bits per heavy atom. The Kier molecular flexibility index (Phi) is 6.01. The van der Waals surface area contributed by atoms with Crippen LogP contribution >= 0.6 is 11.3 Å². The number of carbonyl (C=O) groups excluding carboxylic acids is 2. The number of aromatic nitrogens is 1. The lowest BCUT2D eigenvalue weighted by Gasteiger charge is -2.05. The fraction of sp³-hybridized carbons (Fsp3) is 0.0870. The molecule has 0 spiro atoms. The summed E-state index contributed by atoms with van der Waals surface area (Å²) in [5.41, 5.74) is 7.44. The van der Waals surface area contributed by atoms with E-state index in [1.807, 2.05) is 60.7 Å². The first-order valence-corrected chi connectivity index (χ1v) is 10.3. The third-order valence-corrected chi connectivity index (χ3v) is 5.25. The minimum atomic E-state index is -0.341. The van der Waals surface area contributed by atoms with Crippen LogP contribution in [0, 0.1) is 0 Å². The van der Waals surface area contributed by atoms with Crippen LogP contribution < -0.4 is 10.9 Å². The van der Waals surface area contributed by atoms with Crippen molar-refractivity contribution in [3.05, 3.63) is 88.9 Å². The molecule has 4 rings (SSSR count). The van der Waals surface area contributed by atoms with Crippen LogP contribution in [0.15, 0.2) is 82.6 Å². The van der Waals surface area contributed by atoms with Crippen LogP contribution in [0.1, 0.15) is 22.0 Å². The highest BCUT2D eigenvalue weighted by Gasteiger charge is 2.17. The second kappa shape index (κ2) is 9.19. The topological polar surface area (TPSA) is 84.2 Å². The van der Waals surface area contributed by atoms with E-state index in [4.69, 9.17) is 4.42 Å². The Balaban J connectivity index is 1.45. The Labute approximate surface area is 177 Å². The predicted molar refractivity (Wildman–Crippen MR) is 116 cm³/mol. The van der Waals surface area contributed by atoms with Crippen LogP contribution in [-0.2, 0) is 11.2 Å². The molecule has 6 nitrogen and oxygen atoms in total. The average Bonchev–Trinajstić information content (AvgIpc) is 3.48. The number of nitrogens with one attached hydrogen (secondary N) is 2. The van der Waals surface area contributed by atoms with Crippen LogP contribution in [0.5, 0.6) is 0 Å². The molecule has 0 bridgehead atoms. The number of aryl methyl sites for hydroxylation is 1. The summed E-state index contributed by atoms with van der Waals surface area (Å²) in [6, 6.07) is 23.0. The number of carbonyl (C=O) groups is 2. The molecule has 0 fully saturated rings. The van der Waals surface area contributed by atoms with Gasteiger partial charge in [-0.2, -0.15) is 0 Å². The van der Waals surface area contributed by atoms with Crippen LogP contribution in [0.25, 0.3) is 22.6 Å². The number of thiophene rings is 1. The SMILES string of the molecule is O=C(CCc1nc(-c2ccccc2)c(-c2ccccc2)o1)NNC(=O)c1cccs1. The number of amides is 2. The van der Waals surface area contributed by atoms with Crippen LogP contribution in [0.2, 0.25) is 0 Å². The van der Waals surface area contributed by atoms with Gasteiger partial charge in [0.25, 0.3) is 5.91 Å². The lowest BCUT2D eigenvalue weighted by atomic mass is 10.1. The van der Waals surface area contributed by atoms with Crippen molar-refractivity contribution in [3.63, 3.8) is 0 Å². The number of hydrogen-bond donors (Lipinski definition) is 2. The lowest BCUT2D eigenvalue weighted by molar-refractivity contribution is -0.121. The Morgan fingerprint density at radius 1 is 0.867 bits per heavy atom. The van der Waals surface area contributed by atoms with Gasteiger partial charge in [0.2, 0.25) is 5.91 Å². The molecule has 4 aromatic rings. The van der Waals surface area contributed by atoms with Crippen LogP contribution in [0.3, 0.4) is 0 Å². The number of hydrazine groups is 1. The average molecular weight is 417 g/mol. The van der Waals surface area contributed by atoms with Gasteiger partial charge in [-0.25, -0.2) is 4.98 Å². The molecule has 2 heterocycles. The number of oxazole rings is 1. The smallest absolute Gasteiger partial charge is 0.279 e. The molecule has 0 unspecified atom stereocenters. The summed E-state index contributed by atoms with van der Waals surface area (Å²) in [5.74, 6) is 0.475. The molecule has 30 heavy (non-hydrogen) atoms. The quantitative estimate of drug-likeness (QED) is 0.454. The van der Waals surface area contributed by atoms with Crippen molar-refractivity contribution in [2.24, 2.45) is 0 Å². The van der Waals surface area contributed by atoms with Gasteiger partial charge in [-0.15, -0.1) is 11.3 Å². The highest BCUT2D eigenvalue weighted by atomic mass is 32.1. The Bertz CT molecular complexity index is 1070. The minimum Gasteiger partial charge on any atom is -0.440 e. The van der Waals surface area contributed by atoms with E-state index in [9.17, 15) is 9.59 Å². The molecule has 0 saturated heterocycles. The highest BCUT2D eigenvalue weighted by molar-refractivity contribution is 7.12. The van der Waals surface area contributed by atoms with E-state index in [0.29, 0.717) is 22.9 Å². The van der Waals surface area contributed by atoms with Crippen LogP contribution in [-0.4, -0.2) is 16.8 Å². The van der Waals surface area contributed by atoms with Gasteiger partial charge in [0.1, 0.15) is 5.69 Å². The summed E-state index contributed by atoms with van der Waals surface area (Å²) in [6.45, 7) is 0. The van der Waals surface area contributed by atoms with Crippen molar-refractivity contribution in [1.29, 1.82) is 0 Å². The molecule has 0 aliphatic carbocycles. The first-order chi connectivity index (χ1) is 14.7. The van der Waals surface area contributed by atoms with Gasteiger partial charge in [0.15, 0.2) is 11.7 Å². The van der Waals surface area contributed by atoms with Crippen LogP contribution in [0.4, 0.5) is 0 Å². The molecule has 2 aromatic carbocycles. The summed E-state index contributed by atoms with van der Waals surface area (Å²) in [6.07, 6.45) is 0.446. The number of benzene rings is 2. The molecule has 0 aliphatic rings. The van der Waals surface area contributed by atoms with Gasteiger partial charge in [-0.3, -0.25) is 20.4 Å². The second-order valence-electron chi connectivity index (χ2n) is 6.50. The Morgan fingerprint density at radius 2 is 1.57 bits per heavy atom. The maximum Gasteiger partial charge on any atom is 0.279 e. The van der Waals surface area contributed by atoms with Gasteiger partial charge in [0, 0.05) is 24.0 Å². The fourth-order valence-corrected chi connectivity index (χ4v) is 3.55. The summed E-state index contributed by atoms with van der Waals surface area (Å²) >= 11 is 1.30. The van der Waals surface area contributed by atoms with Crippen molar-refractivity contribution in [1.82, 2.24) is 15.8 Å². The largest absolute Gasteiger partial charge is 0.440 e. The summed E-state index contributed by atoms with van der Waals surface area (Å²) in [7, 11) is 0. The third kappa shape index (κ3) is 4.64. The van der Waals surface area contributed by atoms with Crippen molar-refractivity contribution in [2.75, 3.05) is 0 Å². The lowest BCUT2D eigenvalue weighted by Crippen LogP contribution is -2.41. The second-order valence-corrected chi connectivity index (χ2v) is 7.44. The summed E-state index contributed by atoms with van der Waals surface area (Å²) in [4.78, 5) is 29.2. The zero-order valence-electron chi connectivity index (χ0n) is 16.0. The molecule has 150 valence electrons. The zero-order valence-corrected chi connectivity index (χ0v) is 16.8. The monoisotopic (exact) mass is 417 g/mol. The first kappa shape index (κ1) is 19.6. The van der Waals surface area contributed by atoms with Crippen molar-refractivity contribution < 1.29 is 14.0 Å². The summed E-state index contributed by atoms with van der Waals surface area (Å²) < 4.78 is 6.01. The van der Waals surface area contributed by atoms with E-state index in [1.54, 1.807) is 17.5 Å². The minimum absolute atomic E-state index is 0.133. The maximum absolute atomic E-state index is 12.1. The van der Waals surface area contributed by atoms with Gasteiger partial charge in [0.05, 0.1) is 4.88 Å². The van der Waals surface area contributed by atoms with E-state index >= 15 is 0 Å². The van der Waals surface area contributed by atoms with Gasteiger partial charge < -0.3 is 4.42 Å². The molecule has 2 aromatic heterocycles. The molecule has 0 saturated carbocycles. The van der Waals surface area contributed by atoms with Crippen molar-refractivity contribution in [3.8, 4) is 22.6 Å². The molecule has 2 N–H and O–H groups in total. The Hall–Kier alpha value is -3.71. The predicted octanol–water partition coefficient (Wildman–Crippen LogP) is 4.46. The van der Waals surface area contributed by atoms with E-state index in [0.717, 1.165) is 16.8 Å². The standard InChI is InChI=1S/C23H19N3O3S/c27-19(25-26-23(28)18-12-7-15-30-18)13-14-20-24-21(16-8-3-1-4-9-16)22(29-20)17-10-5-2-6-11-17/h1-12,15H,13-14H2,(H,25,27)(H,26,28). The van der Waals surface area contributed by atoms with Gasteiger partial charge >= 0.3 is 0 Å². The van der Waals surface area contributed by atoms with E-state index in [-0.39, 0.29) is 18.2 Å². The molecular formula is C23H19N3O3S. The van der Waals surface area contributed by atoms with Gasteiger partial charge in [-0.05, 0) is 11.4 Å². The van der Waals surface area contributed by atoms with E-state index < -0.39 is 0 Å². The normalized spacial score (nSPS) is 10.5. The number of rotatable bonds is 6. The maximum atomic E-state index is 12.1. The zero-order chi connectivity index (χ0) is 20.8. The molecule has 2 amide bonds.